The van der Waals surface area contributed by atoms with Crippen LogP contribution in [0.4, 0.5) is 17.1 Å². The molecular weight excluding hydrogens is 326 g/mol. The Hall–Kier alpha value is -2.07. The van der Waals surface area contributed by atoms with E-state index in [1.54, 1.807) is 6.20 Å². The second kappa shape index (κ2) is 5.74. The Bertz CT molecular complexity index is 794. The van der Waals surface area contributed by atoms with Gasteiger partial charge in [0.2, 0.25) is 0 Å². The minimum atomic E-state index is 0.641. The molecular formula is C17H16BrN3. The Morgan fingerprint density at radius 3 is 2.86 bits per heavy atom. The molecule has 3 N–H and O–H groups in total. The van der Waals surface area contributed by atoms with Crippen LogP contribution < -0.4 is 11.1 Å². The minimum Gasteiger partial charge on any atom is -0.396 e. The maximum atomic E-state index is 6.11. The molecule has 3 rings (SSSR count). The van der Waals surface area contributed by atoms with Crippen molar-refractivity contribution < 1.29 is 0 Å². The maximum Gasteiger partial charge on any atom is 0.0746 e. The quantitative estimate of drug-likeness (QED) is 0.713. The predicted molar refractivity (Wildman–Crippen MR) is 93.0 cm³/mol. The molecule has 0 bridgehead atoms. The van der Waals surface area contributed by atoms with Gasteiger partial charge >= 0.3 is 0 Å². The van der Waals surface area contributed by atoms with Crippen molar-refractivity contribution in [1.82, 2.24) is 4.98 Å². The summed E-state index contributed by atoms with van der Waals surface area (Å²) in [5.41, 5.74) is 10.9. The second-order valence-electron chi connectivity index (χ2n) is 4.93. The number of anilines is 3. The Kier molecular flexibility index (Phi) is 3.80. The summed E-state index contributed by atoms with van der Waals surface area (Å²) in [4.78, 5) is 4.37. The van der Waals surface area contributed by atoms with Crippen LogP contribution in [0.3, 0.4) is 0 Å². The average Bonchev–Trinajstić information content (AvgIpc) is 2.50. The van der Waals surface area contributed by atoms with Crippen LogP contribution in [0.5, 0.6) is 0 Å². The molecule has 0 saturated carbocycles. The molecule has 0 spiro atoms. The Morgan fingerprint density at radius 1 is 1.19 bits per heavy atom. The number of fused-ring (bicyclic) bond motifs is 1. The summed E-state index contributed by atoms with van der Waals surface area (Å²) >= 11 is 3.50. The zero-order valence-corrected chi connectivity index (χ0v) is 13.3. The molecule has 2 aromatic carbocycles. The summed E-state index contributed by atoms with van der Waals surface area (Å²) in [6.07, 6.45) is 2.70. The van der Waals surface area contributed by atoms with Crippen LogP contribution >= 0.6 is 15.9 Å². The molecule has 1 aromatic heterocycles. The van der Waals surface area contributed by atoms with Crippen LogP contribution in [0.1, 0.15) is 12.5 Å². The largest absolute Gasteiger partial charge is 0.396 e. The maximum absolute atomic E-state index is 6.11. The van der Waals surface area contributed by atoms with Gasteiger partial charge in [-0.15, -0.1) is 0 Å². The summed E-state index contributed by atoms with van der Waals surface area (Å²) in [6, 6.07) is 14.4. The van der Waals surface area contributed by atoms with Crippen molar-refractivity contribution in [3.8, 4) is 0 Å². The van der Waals surface area contributed by atoms with Gasteiger partial charge in [-0.05, 0) is 42.3 Å². The van der Waals surface area contributed by atoms with Crippen molar-refractivity contribution in [1.29, 1.82) is 0 Å². The Morgan fingerprint density at radius 2 is 2.05 bits per heavy atom. The van der Waals surface area contributed by atoms with Gasteiger partial charge in [-0.1, -0.05) is 35.0 Å². The number of aromatic nitrogens is 1. The lowest BCUT2D eigenvalue weighted by molar-refractivity contribution is 1.14. The molecule has 0 saturated heterocycles. The smallest absolute Gasteiger partial charge is 0.0746 e. The molecule has 0 atom stereocenters. The highest BCUT2D eigenvalue weighted by Gasteiger charge is 2.08. The molecule has 4 heteroatoms. The van der Waals surface area contributed by atoms with Gasteiger partial charge in [-0.2, -0.15) is 0 Å². The first-order valence-corrected chi connectivity index (χ1v) is 7.66. The normalized spacial score (nSPS) is 10.8. The van der Waals surface area contributed by atoms with Crippen molar-refractivity contribution in [3.05, 3.63) is 58.7 Å². The van der Waals surface area contributed by atoms with E-state index in [4.69, 9.17) is 5.73 Å². The number of rotatable bonds is 3. The molecule has 0 aliphatic heterocycles. The van der Waals surface area contributed by atoms with Crippen molar-refractivity contribution in [2.45, 2.75) is 13.3 Å². The monoisotopic (exact) mass is 341 g/mol. The van der Waals surface area contributed by atoms with E-state index in [0.717, 1.165) is 33.2 Å². The molecule has 0 unspecified atom stereocenters. The van der Waals surface area contributed by atoms with E-state index in [2.05, 4.69) is 51.4 Å². The highest BCUT2D eigenvalue weighted by molar-refractivity contribution is 9.10. The number of pyridine rings is 1. The summed E-state index contributed by atoms with van der Waals surface area (Å²) in [7, 11) is 0. The van der Waals surface area contributed by atoms with Crippen molar-refractivity contribution in [2.24, 2.45) is 0 Å². The number of nitrogens with one attached hydrogen (secondary N) is 1. The van der Waals surface area contributed by atoms with Gasteiger partial charge in [0, 0.05) is 15.5 Å². The number of benzene rings is 2. The van der Waals surface area contributed by atoms with Gasteiger partial charge in [0.05, 0.1) is 23.1 Å². The van der Waals surface area contributed by atoms with Crippen molar-refractivity contribution in [3.63, 3.8) is 0 Å². The van der Waals surface area contributed by atoms with Gasteiger partial charge in [-0.3, -0.25) is 4.98 Å². The Labute approximate surface area is 132 Å². The van der Waals surface area contributed by atoms with E-state index in [-0.39, 0.29) is 0 Å². The van der Waals surface area contributed by atoms with Crippen LogP contribution in [-0.2, 0) is 6.42 Å². The van der Waals surface area contributed by atoms with Crippen LogP contribution in [-0.4, -0.2) is 4.98 Å². The summed E-state index contributed by atoms with van der Waals surface area (Å²) in [5.74, 6) is 0. The third-order valence-corrected chi connectivity index (χ3v) is 3.96. The third kappa shape index (κ3) is 2.85. The fourth-order valence-corrected chi connectivity index (χ4v) is 2.69. The lowest BCUT2D eigenvalue weighted by atomic mass is 10.1. The molecule has 0 amide bonds. The van der Waals surface area contributed by atoms with E-state index < -0.39 is 0 Å². The second-order valence-corrected chi connectivity index (χ2v) is 5.84. The molecule has 0 aliphatic carbocycles. The molecule has 21 heavy (non-hydrogen) atoms. The van der Waals surface area contributed by atoms with Crippen molar-refractivity contribution in [2.75, 3.05) is 11.1 Å². The van der Waals surface area contributed by atoms with Crippen LogP contribution in [0.2, 0.25) is 0 Å². The molecule has 0 aliphatic rings. The lowest BCUT2D eigenvalue weighted by Gasteiger charge is -2.13. The fourth-order valence-electron chi connectivity index (χ4n) is 2.33. The number of aryl methyl sites for hydroxylation is 1. The van der Waals surface area contributed by atoms with E-state index in [9.17, 15) is 0 Å². The number of hydrogen-bond acceptors (Lipinski definition) is 3. The molecule has 3 nitrogen and oxygen atoms in total. The van der Waals surface area contributed by atoms with Crippen molar-refractivity contribution >= 4 is 43.9 Å². The lowest BCUT2D eigenvalue weighted by Crippen LogP contribution is -1.99. The standard InChI is InChI=1S/C17H16BrN3/c1-2-11-4-3-5-13(8-11)21-17-14-9-12(18)6-7-16(14)20-10-15(17)19/h3-10H,2,19H2,1H3,(H,20,21). The number of hydrogen-bond donors (Lipinski definition) is 2. The first kappa shape index (κ1) is 13.9. The van der Waals surface area contributed by atoms with E-state index in [0.29, 0.717) is 5.69 Å². The number of nitrogens with zero attached hydrogens (tertiary/aromatic N) is 1. The number of nitrogen functional groups attached to an aromatic ring is 1. The van der Waals surface area contributed by atoms with Gasteiger partial charge in [-0.25, -0.2) is 0 Å². The van der Waals surface area contributed by atoms with Gasteiger partial charge in [0.1, 0.15) is 0 Å². The third-order valence-electron chi connectivity index (χ3n) is 3.46. The number of nitrogens with two attached hydrogens (primary N) is 1. The van der Waals surface area contributed by atoms with E-state index in [1.807, 2.05) is 24.3 Å². The highest BCUT2D eigenvalue weighted by Crippen LogP contribution is 2.32. The van der Waals surface area contributed by atoms with Gasteiger partial charge in [0.25, 0.3) is 0 Å². The number of halogens is 1. The topological polar surface area (TPSA) is 50.9 Å². The zero-order chi connectivity index (χ0) is 14.8. The SMILES string of the molecule is CCc1cccc(Nc2c(N)cnc3ccc(Br)cc23)c1. The molecule has 0 fully saturated rings. The fraction of sp³-hybridized carbons (Fsp3) is 0.118. The van der Waals surface area contributed by atoms with Gasteiger partial charge in [0.15, 0.2) is 0 Å². The molecule has 1 heterocycles. The predicted octanol–water partition coefficient (Wildman–Crippen LogP) is 4.89. The van der Waals surface area contributed by atoms with Crippen LogP contribution in [0, 0.1) is 0 Å². The highest BCUT2D eigenvalue weighted by atomic mass is 79.9. The zero-order valence-electron chi connectivity index (χ0n) is 11.7. The summed E-state index contributed by atoms with van der Waals surface area (Å²) in [5, 5.41) is 4.44. The molecule has 0 radical (unpaired) electrons. The molecule has 3 aromatic rings. The van der Waals surface area contributed by atoms with E-state index in [1.165, 1.54) is 5.56 Å². The van der Waals surface area contributed by atoms with Crippen LogP contribution in [0.15, 0.2) is 53.1 Å². The van der Waals surface area contributed by atoms with E-state index >= 15 is 0 Å². The summed E-state index contributed by atoms with van der Waals surface area (Å²) < 4.78 is 1.01. The average molecular weight is 342 g/mol. The molecule has 106 valence electrons. The minimum absolute atomic E-state index is 0.641. The van der Waals surface area contributed by atoms with Gasteiger partial charge < -0.3 is 11.1 Å². The first-order chi connectivity index (χ1) is 10.2. The van der Waals surface area contributed by atoms with Crippen LogP contribution in [0.25, 0.3) is 10.9 Å². The first-order valence-electron chi connectivity index (χ1n) is 6.87. The summed E-state index contributed by atoms with van der Waals surface area (Å²) in [6.45, 7) is 2.15. The Balaban J connectivity index is 2.10.